The first kappa shape index (κ1) is 11.5. The molecule has 7 heteroatoms. The zero-order valence-corrected chi connectivity index (χ0v) is 7.48. The van der Waals surface area contributed by atoms with E-state index in [1.807, 2.05) is 0 Å². The molecule has 0 bridgehead atoms. The third-order valence-electron chi connectivity index (χ3n) is 1.86. The Morgan fingerprint density at radius 1 is 1.53 bits per heavy atom. The molecular weight excluding hydrogens is 210 g/mol. The number of hydrogen-bond acceptors (Lipinski definition) is 4. The molecule has 0 heterocycles. The Bertz CT molecular complexity index is 398. The van der Waals surface area contributed by atoms with Crippen LogP contribution in [0.4, 0.5) is 14.5 Å². The number of nitro groups is 1. The quantitative estimate of drug-likeness (QED) is 0.581. The molecule has 3 N–H and O–H groups in total. The predicted molar refractivity (Wildman–Crippen MR) is 47.0 cm³/mol. The molecule has 0 amide bonds. The molecule has 1 aromatic carbocycles. The summed E-state index contributed by atoms with van der Waals surface area (Å²) >= 11 is 0. The highest BCUT2D eigenvalue weighted by molar-refractivity contribution is 5.38. The second-order valence-corrected chi connectivity index (χ2v) is 2.80. The van der Waals surface area contributed by atoms with E-state index in [1.54, 1.807) is 0 Å². The van der Waals surface area contributed by atoms with Crippen LogP contribution in [0, 0.1) is 21.7 Å². The van der Waals surface area contributed by atoms with E-state index in [1.165, 1.54) is 0 Å². The normalized spacial score (nSPS) is 12.5. The standard InChI is InChI=1S/C8H8F2N2O3/c9-4-1-2-5(12(14)15)8(10)7(4)6(13)3-11/h1-2,6,13H,3,11H2/t6-/m0/s1. The second-order valence-electron chi connectivity index (χ2n) is 2.80. The maximum Gasteiger partial charge on any atom is 0.305 e. The van der Waals surface area contributed by atoms with Gasteiger partial charge < -0.3 is 10.8 Å². The van der Waals surface area contributed by atoms with Crippen molar-refractivity contribution in [1.29, 1.82) is 0 Å². The summed E-state index contributed by atoms with van der Waals surface area (Å²) in [6.45, 7) is -0.422. The van der Waals surface area contributed by atoms with Gasteiger partial charge >= 0.3 is 5.69 Å². The van der Waals surface area contributed by atoms with Gasteiger partial charge in [0, 0.05) is 12.6 Å². The molecule has 0 saturated carbocycles. The summed E-state index contributed by atoms with van der Waals surface area (Å²) in [5.74, 6) is -2.45. The third-order valence-corrected chi connectivity index (χ3v) is 1.86. The fourth-order valence-corrected chi connectivity index (χ4v) is 1.12. The van der Waals surface area contributed by atoms with E-state index in [2.05, 4.69) is 0 Å². The SMILES string of the molecule is NC[C@H](O)c1c(F)ccc([N+](=O)[O-])c1F. The number of rotatable bonds is 3. The van der Waals surface area contributed by atoms with Gasteiger partial charge in [0.25, 0.3) is 0 Å². The lowest BCUT2D eigenvalue weighted by molar-refractivity contribution is -0.387. The Kier molecular flexibility index (Phi) is 3.28. The van der Waals surface area contributed by atoms with Gasteiger partial charge in [0.1, 0.15) is 5.82 Å². The summed E-state index contributed by atoms with van der Waals surface area (Å²) in [6, 6.07) is 1.41. The highest BCUT2D eigenvalue weighted by Crippen LogP contribution is 2.27. The summed E-state index contributed by atoms with van der Waals surface area (Å²) in [7, 11) is 0. The van der Waals surface area contributed by atoms with Crippen molar-refractivity contribution in [2.45, 2.75) is 6.10 Å². The predicted octanol–water partition coefficient (Wildman–Crippen LogP) is 0.865. The van der Waals surface area contributed by atoms with Crippen LogP contribution in [-0.4, -0.2) is 16.6 Å². The van der Waals surface area contributed by atoms with Gasteiger partial charge in [0.05, 0.1) is 16.6 Å². The number of aliphatic hydroxyl groups is 1. The Morgan fingerprint density at radius 3 is 2.60 bits per heavy atom. The highest BCUT2D eigenvalue weighted by atomic mass is 19.1. The average molecular weight is 218 g/mol. The fraction of sp³-hybridized carbons (Fsp3) is 0.250. The van der Waals surface area contributed by atoms with Crippen LogP contribution in [0.25, 0.3) is 0 Å². The number of benzene rings is 1. The molecule has 0 saturated heterocycles. The van der Waals surface area contributed by atoms with Gasteiger partial charge in [-0.25, -0.2) is 4.39 Å². The Labute approximate surface area is 83.3 Å². The molecule has 0 aliphatic heterocycles. The molecule has 15 heavy (non-hydrogen) atoms. The van der Waals surface area contributed by atoms with Crippen molar-refractivity contribution in [1.82, 2.24) is 0 Å². The summed E-state index contributed by atoms with van der Waals surface area (Å²) in [5.41, 5.74) is 3.35. The van der Waals surface area contributed by atoms with Gasteiger partial charge in [0.15, 0.2) is 0 Å². The van der Waals surface area contributed by atoms with Crippen molar-refractivity contribution in [3.8, 4) is 0 Å². The van der Waals surface area contributed by atoms with E-state index in [0.717, 1.165) is 6.07 Å². The van der Waals surface area contributed by atoms with Gasteiger partial charge in [-0.2, -0.15) is 4.39 Å². The fourth-order valence-electron chi connectivity index (χ4n) is 1.12. The van der Waals surface area contributed by atoms with E-state index >= 15 is 0 Å². The van der Waals surface area contributed by atoms with E-state index in [9.17, 15) is 18.9 Å². The van der Waals surface area contributed by atoms with E-state index in [4.69, 9.17) is 10.8 Å². The molecular formula is C8H8F2N2O3. The van der Waals surface area contributed by atoms with Crippen molar-refractivity contribution in [3.05, 3.63) is 39.4 Å². The molecule has 0 aliphatic carbocycles. The molecule has 1 rings (SSSR count). The molecule has 1 atom stereocenters. The number of hydrogen-bond donors (Lipinski definition) is 2. The number of halogens is 2. The lowest BCUT2D eigenvalue weighted by atomic mass is 10.1. The first-order valence-electron chi connectivity index (χ1n) is 3.99. The number of aliphatic hydroxyl groups excluding tert-OH is 1. The van der Waals surface area contributed by atoms with Gasteiger partial charge in [-0.3, -0.25) is 10.1 Å². The third kappa shape index (κ3) is 2.08. The van der Waals surface area contributed by atoms with Crippen LogP contribution in [0.5, 0.6) is 0 Å². The maximum atomic E-state index is 13.3. The summed E-state index contributed by atoms with van der Waals surface area (Å²) < 4.78 is 26.4. The van der Waals surface area contributed by atoms with E-state index < -0.39 is 40.5 Å². The average Bonchev–Trinajstić information content (AvgIpc) is 2.16. The first-order chi connectivity index (χ1) is 6.99. The van der Waals surface area contributed by atoms with Crippen LogP contribution in [-0.2, 0) is 0 Å². The van der Waals surface area contributed by atoms with Crippen LogP contribution in [0.15, 0.2) is 12.1 Å². The van der Waals surface area contributed by atoms with Crippen molar-refractivity contribution in [3.63, 3.8) is 0 Å². The summed E-state index contributed by atoms with van der Waals surface area (Å²) in [5, 5.41) is 19.5. The zero-order valence-electron chi connectivity index (χ0n) is 7.48. The van der Waals surface area contributed by atoms with E-state index in [-0.39, 0.29) is 0 Å². The molecule has 0 spiro atoms. The highest BCUT2D eigenvalue weighted by Gasteiger charge is 2.25. The first-order valence-corrected chi connectivity index (χ1v) is 3.99. The second kappa shape index (κ2) is 4.28. The number of nitro benzene ring substituents is 1. The minimum Gasteiger partial charge on any atom is -0.387 e. The lowest BCUT2D eigenvalue weighted by Crippen LogP contribution is -2.15. The van der Waals surface area contributed by atoms with Crippen LogP contribution in [0.2, 0.25) is 0 Å². The number of nitrogens with two attached hydrogens (primary N) is 1. The summed E-state index contributed by atoms with van der Waals surface area (Å²) in [4.78, 5) is 9.33. The van der Waals surface area contributed by atoms with Crippen molar-refractivity contribution < 1.29 is 18.8 Å². The van der Waals surface area contributed by atoms with Crippen molar-refractivity contribution >= 4 is 5.69 Å². The van der Waals surface area contributed by atoms with Crippen molar-refractivity contribution in [2.75, 3.05) is 6.54 Å². The maximum absolute atomic E-state index is 13.3. The Morgan fingerprint density at radius 2 is 2.13 bits per heavy atom. The number of nitrogens with zero attached hydrogens (tertiary/aromatic N) is 1. The zero-order chi connectivity index (χ0) is 11.6. The molecule has 5 nitrogen and oxygen atoms in total. The van der Waals surface area contributed by atoms with Crippen LogP contribution in [0.3, 0.4) is 0 Å². The van der Waals surface area contributed by atoms with Gasteiger partial charge in [-0.1, -0.05) is 0 Å². The van der Waals surface area contributed by atoms with Gasteiger partial charge in [-0.15, -0.1) is 0 Å². The van der Waals surface area contributed by atoms with Crippen LogP contribution in [0.1, 0.15) is 11.7 Å². The summed E-state index contributed by atoms with van der Waals surface area (Å²) in [6.07, 6.45) is -1.59. The Balaban J connectivity index is 3.36. The van der Waals surface area contributed by atoms with E-state index in [0.29, 0.717) is 6.07 Å². The Hall–Kier alpha value is -1.60. The monoisotopic (exact) mass is 218 g/mol. The molecule has 0 fully saturated rings. The molecule has 0 unspecified atom stereocenters. The minimum absolute atomic E-state index is 0.422. The van der Waals surface area contributed by atoms with Crippen LogP contribution >= 0.6 is 0 Å². The van der Waals surface area contributed by atoms with Crippen LogP contribution < -0.4 is 5.73 Å². The smallest absolute Gasteiger partial charge is 0.305 e. The molecule has 0 aliphatic rings. The van der Waals surface area contributed by atoms with Crippen molar-refractivity contribution in [2.24, 2.45) is 5.73 Å². The van der Waals surface area contributed by atoms with Gasteiger partial charge in [0.2, 0.25) is 5.82 Å². The molecule has 82 valence electrons. The minimum atomic E-state index is -1.59. The molecule has 0 radical (unpaired) electrons. The molecule has 0 aromatic heterocycles. The topological polar surface area (TPSA) is 89.4 Å². The lowest BCUT2D eigenvalue weighted by Gasteiger charge is -2.09. The largest absolute Gasteiger partial charge is 0.387 e. The van der Waals surface area contributed by atoms with Gasteiger partial charge in [-0.05, 0) is 6.07 Å². The molecule has 1 aromatic rings.